The molecule has 1 aliphatic heterocycles. The van der Waals surface area contributed by atoms with Gasteiger partial charge in [0.15, 0.2) is 0 Å². The van der Waals surface area contributed by atoms with E-state index in [0.29, 0.717) is 5.69 Å². The summed E-state index contributed by atoms with van der Waals surface area (Å²) in [5.74, 6) is -0.143. The van der Waals surface area contributed by atoms with Gasteiger partial charge in [-0.1, -0.05) is 72.3 Å². The Hall–Kier alpha value is -2.62. The summed E-state index contributed by atoms with van der Waals surface area (Å²) in [7, 11) is 0. The summed E-state index contributed by atoms with van der Waals surface area (Å²) in [6.45, 7) is 4.32. The van der Waals surface area contributed by atoms with E-state index < -0.39 is 0 Å². The predicted octanol–water partition coefficient (Wildman–Crippen LogP) is 6.11. The van der Waals surface area contributed by atoms with Crippen LogP contribution in [0.1, 0.15) is 5.56 Å². The summed E-state index contributed by atoms with van der Waals surface area (Å²) < 4.78 is 14.1. The molecule has 1 saturated heterocycles. The summed E-state index contributed by atoms with van der Waals surface area (Å²) in [6.07, 6.45) is 0. The molecule has 0 spiro atoms. The van der Waals surface area contributed by atoms with E-state index in [4.69, 9.17) is 11.6 Å². The molecule has 1 aliphatic rings. The van der Waals surface area contributed by atoms with Gasteiger partial charge in [-0.05, 0) is 28.5 Å². The Morgan fingerprint density at radius 3 is 1.79 bits per heavy atom. The molecule has 1 heterocycles. The molecule has 0 unspecified atom stereocenters. The molecule has 5 rings (SSSR count). The number of hydrogen-bond acceptors (Lipinski definition) is 2. The molecule has 0 bridgehead atoms. The largest absolute Gasteiger partial charge is 0.367 e. The molecule has 29 heavy (non-hydrogen) atoms. The standard InChI is InChI=1S/C25H22ClFN2/c26-25-20-9-3-1-7-18(20)22(19-8-2-4-10-21(19)25)17-28-13-15-29(16-14-28)24-12-6-5-11-23(24)27/h1-12H,13-17H2. The molecule has 4 aromatic rings. The Balaban J connectivity index is 1.45. The lowest BCUT2D eigenvalue weighted by Gasteiger charge is -2.36. The van der Waals surface area contributed by atoms with E-state index in [9.17, 15) is 4.39 Å². The van der Waals surface area contributed by atoms with Crippen LogP contribution in [0.5, 0.6) is 0 Å². The first kappa shape index (κ1) is 18.4. The molecular formula is C25H22ClFN2. The van der Waals surface area contributed by atoms with E-state index >= 15 is 0 Å². The average molecular weight is 405 g/mol. The highest BCUT2D eigenvalue weighted by atomic mass is 35.5. The second-order valence-corrected chi connectivity index (χ2v) is 7.98. The van der Waals surface area contributed by atoms with Crippen molar-refractivity contribution in [1.29, 1.82) is 0 Å². The Morgan fingerprint density at radius 1 is 0.690 bits per heavy atom. The Labute approximate surface area is 175 Å². The molecule has 0 amide bonds. The monoisotopic (exact) mass is 404 g/mol. The number of fused-ring (bicyclic) bond motifs is 2. The van der Waals surface area contributed by atoms with Gasteiger partial charge in [0, 0.05) is 43.5 Å². The van der Waals surface area contributed by atoms with Crippen molar-refractivity contribution < 1.29 is 4.39 Å². The van der Waals surface area contributed by atoms with Gasteiger partial charge in [-0.2, -0.15) is 0 Å². The normalized spacial score (nSPS) is 15.3. The Kier molecular flexibility index (Phi) is 4.86. The summed E-state index contributed by atoms with van der Waals surface area (Å²) in [5.41, 5.74) is 2.02. The molecule has 4 aromatic carbocycles. The summed E-state index contributed by atoms with van der Waals surface area (Å²) in [6, 6.07) is 23.8. The van der Waals surface area contributed by atoms with Crippen molar-refractivity contribution in [3.63, 3.8) is 0 Å². The minimum absolute atomic E-state index is 0.143. The molecule has 0 saturated carbocycles. The Morgan fingerprint density at radius 2 is 1.21 bits per heavy atom. The van der Waals surface area contributed by atoms with Crippen LogP contribution in [0.2, 0.25) is 5.02 Å². The maximum Gasteiger partial charge on any atom is 0.146 e. The molecule has 0 aromatic heterocycles. The van der Waals surface area contributed by atoms with E-state index in [-0.39, 0.29) is 5.82 Å². The number of nitrogens with zero attached hydrogens (tertiary/aromatic N) is 2. The van der Waals surface area contributed by atoms with Crippen molar-refractivity contribution in [2.45, 2.75) is 6.54 Å². The van der Waals surface area contributed by atoms with E-state index in [2.05, 4.69) is 46.2 Å². The van der Waals surface area contributed by atoms with E-state index in [1.54, 1.807) is 6.07 Å². The fourth-order valence-electron chi connectivity index (χ4n) is 4.41. The van der Waals surface area contributed by atoms with Crippen molar-refractivity contribution in [3.05, 3.63) is 89.2 Å². The maximum absolute atomic E-state index is 14.1. The van der Waals surface area contributed by atoms with Crippen molar-refractivity contribution >= 4 is 38.8 Å². The third kappa shape index (κ3) is 3.35. The van der Waals surface area contributed by atoms with E-state index in [0.717, 1.165) is 48.5 Å². The first-order valence-electron chi connectivity index (χ1n) is 10.0. The molecule has 2 nitrogen and oxygen atoms in total. The van der Waals surface area contributed by atoms with Crippen LogP contribution in [0.25, 0.3) is 21.5 Å². The minimum atomic E-state index is -0.143. The van der Waals surface area contributed by atoms with E-state index in [1.807, 2.05) is 24.3 Å². The lowest BCUT2D eigenvalue weighted by molar-refractivity contribution is 0.251. The lowest BCUT2D eigenvalue weighted by atomic mass is 9.96. The lowest BCUT2D eigenvalue weighted by Crippen LogP contribution is -2.46. The van der Waals surface area contributed by atoms with Gasteiger partial charge in [-0.3, -0.25) is 4.90 Å². The highest BCUT2D eigenvalue weighted by molar-refractivity contribution is 6.41. The molecule has 0 aliphatic carbocycles. The smallest absolute Gasteiger partial charge is 0.146 e. The van der Waals surface area contributed by atoms with Crippen LogP contribution < -0.4 is 4.90 Å². The molecule has 0 atom stereocenters. The topological polar surface area (TPSA) is 6.48 Å². The highest BCUT2D eigenvalue weighted by Gasteiger charge is 2.21. The molecule has 0 N–H and O–H groups in total. The highest BCUT2D eigenvalue weighted by Crippen LogP contribution is 2.36. The number of anilines is 1. The van der Waals surface area contributed by atoms with Crippen LogP contribution in [-0.4, -0.2) is 31.1 Å². The average Bonchev–Trinajstić information content (AvgIpc) is 2.77. The number of piperazine rings is 1. The van der Waals surface area contributed by atoms with Crippen molar-refractivity contribution in [2.75, 3.05) is 31.1 Å². The van der Waals surface area contributed by atoms with Crippen LogP contribution >= 0.6 is 11.6 Å². The van der Waals surface area contributed by atoms with Gasteiger partial charge in [0.05, 0.1) is 10.7 Å². The van der Waals surface area contributed by atoms with Gasteiger partial charge < -0.3 is 4.90 Å². The number of benzene rings is 4. The summed E-state index contributed by atoms with van der Waals surface area (Å²) in [5, 5.41) is 5.46. The second-order valence-electron chi connectivity index (χ2n) is 7.60. The fraction of sp³-hybridized carbons (Fsp3) is 0.200. The maximum atomic E-state index is 14.1. The van der Waals surface area contributed by atoms with Crippen LogP contribution in [-0.2, 0) is 6.54 Å². The van der Waals surface area contributed by atoms with E-state index in [1.165, 1.54) is 22.4 Å². The van der Waals surface area contributed by atoms with Crippen LogP contribution in [0.15, 0.2) is 72.8 Å². The summed E-state index contributed by atoms with van der Waals surface area (Å²) in [4.78, 5) is 4.60. The van der Waals surface area contributed by atoms with Crippen molar-refractivity contribution in [1.82, 2.24) is 4.90 Å². The van der Waals surface area contributed by atoms with Gasteiger partial charge in [0.2, 0.25) is 0 Å². The molecule has 0 radical (unpaired) electrons. The molecule has 4 heteroatoms. The zero-order valence-corrected chi connectivity index (χ0v) is 16.9. The zero-order chi connectivity index (χ0) is 19.8. The van der Waals surface area contributed by atoms with Gasteiger partial charge in [0.25, 0.3) is 0 Å². The van der Waals surface area contributed by atoms with Gasteiger partial charge in [0.1, 0.15) is 5.82 Å². The second kappa shape index (κ2) is 7.66. The first-order valence-corrected chi connectivity index (χ1v) is 10.4. The number of halogens is 2. The van der Waals surface area contributed by atoms with Crippen molar-refractivity contribution in [3.8, 4) is 0 Å². The third-order valence-electron chi connectivity index (χ3n) is 5.92. The number of hydrogen-bond donors (Lipinski definition) is 0. The first-order chi connectivity index (χ1) is 14.2. The minimum Gasteiger partial charge on any atom is -0.367 e. The van der Waals surface area contributed by atoms with Crippen molar-refractivity contribution in [2.24, 2.45) is 0 Å². The quantitative estimate of drug-likeness (QED) is 0.380. The number of rotatable bonds is 3. The predicted molar refractivity (Wildman–Crippen MR) is 120 cm³/mol. The molecule has 146 valence electrons. The van der Waals surface area contributed by atoms with Gasteiger partial charge in [-0.15, -0.1) is 0 Å². The molecule has 1 fully saturated rings. The van der Waals surface area contributed by atoms with Crippen LogP contribution in [0.3, 0.4) is 0 Å². The third-order valence-corrected chi connectivity index (χ3v) is 6.33. The fourth-order valence-corrected chi connectivity index (χ4v) is 4.74. The summed E-state index contributed by atoms with van der Waals surface area (Å²) >= 11 is 6.74. The SMILES string of the molecule is Fc1ccccc1N1CCN(Cc2c3ccccc3c(Cl)c3ccccc23)CC1. The molecular weight excluding hydrogens is 383 g/mol. The zero-order valence-electron chi connectivity index (χ0n) is 16.1. The van der Waals surface area contributed by atoms with Crippen LogP contribution in [0.4, 0.5) is 10.1 Å². The van der Waals surface area contributed by atoms with Gasteiger partial charge >= 0.3 is 0 Å². The Bertz CT molecular complexity index is 1120. The van der Waals surface area contributed by atoms with Crippen LogP contribution in [0, 0.1) is 5.82 Å². The van der Waals surface area contributed by atoms with Gasteiger partial charge in [-0.25, -0.2) is 4.39 Å². The number of para-hydroxylation sites is 1.